The van der Waals surface area contributed by atoms with Crippen LogP contribution < -0.4 is 5.32 Å². The number of fused-ring (bicyclic) bond motifs is 3. The first-order valence-electron chi connectivity index (χ1n) is 10.3. The summed E-state index contributed by atoms with van der Waals surface area (Å²) in [6, 6.07) is 12.2. The smallest absolute Gasteiger partial charge is 0.243 e. The predicted octanol–water partition coefficient (Wildman–Crippen LogP) is 2.65. The van der Waals surface area contributed by atoms with Crippen LogP contribution in [0.2, 0.25) is 0 Å². The molecule has 2 amide bonds. The molecule has 0 unspecified atom stereocenters. The molecule has 152 valence electrons. The van der Waals surface area contributed by atoms with E-state index < -0.39 is 0 Å². The number of hydrogen-bond acceptors (Lipinski definition) is 3. The molecular weight excluding hydrogens is 364 g/mol. The van der Waals surface area contributed by atoms with E-state index in [1.54, 1.807) is 13.0 Å². The summed E-state index contributed by atoms with van der Waals surface area (Å²) in [5.41, 5.74) is 3.31. The fraction of sp³-hybridized carbons (Fsp3) is 0.391. The van der Waals surface area contributed by atoms with Crippen LogP contribution in [0.3, 0.4) is 0 Å². The first-order chi connectivity index (χ1) is 14.1. The van der Waals surface area contributed by atoms with Crippen LogP contribution in [0.5, 0.6) is 0 Å². The van der Waals surface area contributed by atoms with E-state index >= 15 is 0 Å². The van der Waals surface area contributed by atoms with Gasteiger partial charge in [-0.2, -0.15) is 0 Å². The number of carbonyl (C=O) groups is 2. The summed E-state index contributed by atoms with van der Waals surface area (Å²) in [4.78, 5) is 29.3. The van der Waals surface area contributed by atoms with Crippen LogP contribution in [-0.2, 0) is 16.1 Å². The molecule has 1 atom stereocenters. The minimum absolute atomic E-state index is 0.00773. The summed E-state index contributed by atoms with van der Waals surface area (Å²) < 4.78 is 2.14. The topological polar surface area (TPSA) is 57.6 Å². The van der Waals surface area contributed by atoms with Crippen LogP contribution in [-0.4, -0.2) is 51.9 Å². The number of aromatic nitrogens is 1. The van der Waals surface area contributed by atoms with E-state index in [2.05, 4.69) is 39.6 Å². The van der Waals surface area contributed by atoms with Gasteiger partial charge in [0.2, 0.25) is 11.8 Å². The SMILES string of the molecule is C=CCNC(=O)[C@@H]1c2cccn2-c2ccccc2CN1C1CCN(C(C)=O)CC1. The summed E-state index contributed by atoms with van der Waals surface area (Å²) in [6.45, 7) is 7.97. The van der Waals surface area contributed by atoms with Crippen LogP contribution in [0.15, 0.2) is 55.3 Å². The molecule has 0 saturated carbocycles. The van der Waals surface area contributed by atoms with E-state index in [1.165, 1.54) is 5.56 Å². The molecule has 1 N–H and O–H groups in total. The highest BCUT2D eigenvalue weighted by Gasteiger charge is 2.38. The third-order valence-corrected chi connectivity index (χ3v) is 6.04. The fourth-order valence-electron chi connectivity index (χ4n) is 4.58. The second-order valence-corrected chi connectivity index (χ2v) is 7.78. The molecule has 2 aliphatic rings. The van der Waals surface area contributed by atoms with Gasteiger partial charge in [0, 0.05) is 56.7 Å². The van der Waals surface area contributed by atoms with E-state index in [4.69, 9.17) is 0 Å². The molecule has 29 heavy (non-hydrogen) atoms. The largest absolute Gasteiger partial charge is 0.351 e. The number of amides is 2. The lowest BCUT2D eigenvalue weighted by molar-refractivity contribution is -0.133. The third-order valence-electron chi connectivity index (χ3n) is 6.04. The minimum atomic E-state index is -0.383. The molecule has 0 spiro atoms. The van der Waals surface area contributed by atoms with Gasteiger partial charge in [-0.15, -0.1) is 6.58 Å². The Hall–Kier alpha value is -2.86. The Balaban J connectivity index is 1.72. The monoisotopic (exact) mass is 392 g/mol. The molecule has 4 rings (SSSR count). The second-order valence-electron chi connectivity index (χ2n) is 7.78. The number of carbonyl (C=O) groups excluding carboxylic acids is 2. The lowest BCUT2D eigenvalue weighted by atomic mass is 9.98. The Morgan fingerprint density at radius 1 is 1.17 bits per heavy atom. The van der Waals surface area contributed by atoms with E-state index in [0.717, 1.165) is 37.3 Å². The number of hydrogen-bond donors (Lipinski definition) is 1. The first kappa shape index (κ1) is 19.5. The van der Waals surface area contributed by atoms with Gasteiger partial charge < -0.3 is 14.8 Å². The first-order valence-corrected chi connectivity index (χ1v) is 10.3. The Bertz CT molecular complexity index is 911. The zero-order valence-corrected chi connectivity index (χ0v) is 16.9. The number of benzene rings is 1. The maximum Gasteiger partial charge on any atom is 0.243 e. The number of para-hydroxylation sites is 1. The molecule has 0 bridgehead atoms. The van der Waals surface area contributed by atoms with Crippen molar-refractivity contribution in [3.05, 3.63) is 66.5 Å². The Morgan fingerprint density at radius 3 is 2.66 bits per heavy atom. The maximum absolute atomic E-state index is 13.3. The molecule has 6 heteroatoms. The van der Waals surface area contributed by atoms with Crippen LogP contribution in [0.4, 0.5) is 0 Å². The Labute approximate surface area is 171 Å². The molecule has 2 aliphatic heterocycles. The highest BCUT2D eigenvalue weighted by atomic mass is 16.2. The highest BCUT2D eigenvalue weighted by Crippen LogP contribution is 2.36. The van der Waals surface area contributed by atoms with Crippen LogP contribution in [0.25, 0.3) is 5.69 Å². The summed E-state index contributed by atoms with van der Waals surface area (Å²) in [5.74, 6) is 0.116. The molecular formula is C23H28N4O2. The van der Waals surface area contributed by atoms with Crippen molar-refractivity contribution in [3.63, 3.8) is 0 Å². The zero-order valence-electron chi connectivity index (χ0n) is 16.9. The molecule has 6 nitrogen and oxygen atoms in total. The van der Waals surface area contributed by atoms with Crippen molar-refractivity contribution in [1.82, 2.24) is 19.7 Å². The number of rotatable bonds is 4. The lowest BCUT2D eigenvalue weighted by Gasteiger charge is -2.41. The van der Waals surface area contributed by atoms with Crippen molar-refractivity contribution in [2.75, 3.05) is 19.6 Å². The maximum atomic E-state index is 13.3. The molecule has 1 aromatic heterocycles. The Kier molecular flexibility index (Phi) is 5.53. The average Bonchev–Trinajstić information content (AvgIpc) is 3.16. The quantitative estimate of drug-likeness (QED) is 0.814. The van der Waals surface area contributed by atoms with E-state index in [9.17, 15) is 9.59 Å². The average molecular weight is 393 g/mol. The zero-order chi connectivity index (χ0) is 20.4. The van der Waals surface area contributed by atoms with E-state index in [0.29, 0.717) is 13.1 Å². The Morgan fingerprint density at radius 2 is 1.93 bits per heavy atom. The third kappa shape index (κ3) is 3.72. The van der Waals surface area contributed by atoms with E-state index in [1.807, 2.05) is 29.3 Å². The summed E-state index contributed by atoms with van der Waals surface area (Å²) in [6.07, 6.45) is 5.48. The molecule has 1 aromatic carbocycles. The van der Waals surface area contributed by atoms with Crippen LogP contribution in [0, 0.1) is 0 Å². The number of nitrogens with zero attached hydrogens (tertiary/aromatic N) is 3. The highest BCUT2D eigenvalue weighted by molar-refractivity contribution is 5.83. The summed E-state index contributed by atoms with van der Waals surface area (Å²) in [5, 5.41) is 3.01. The van der Waals surface area contributed by atoms with Crippen molar-refractivity contribution in [2.45, 2.75) is 38.4 Å². The van der Waals surface area contributed by atoms with Gasteiger partial charge in [0.25, 0.3) is 0 Å². The molecule has 2 aromatic rings. The molecule has 0 aliphatic carbocycles. The molecule has 1 fully saturated rings. The molecule has 1 saturated heterocycles. The van der Waals surface area contributed by atoms with E-state index in [-0.39, 0.29) is 23.9 Å². The van der Waals surface area contributed by atoms with Crippen molar-refractivity contribution < 1.29 is 9.59 Å². The normalized spacial score (nSPS) is 19.8. The van der Waals surface area contributed by atoms with Gasteiger partial charge in [-0.3, -0.25) is 14.5 Å². The molecule has 0 radical (unpaired) electrons. The van der Waals surface area contributed by atoms with Crippen molar-refractivity contribution in [1.29, 1.82) is 0 Å². The second kappa shape index (κ2) is 8.25. The van der Waals surface area contributed by atoms with Gasteiger partial charge >= 0.3 is 0 Å². The number of nitrogens with one attached hydrogen (secondary N) is 1. The van der Waals surface area contributed by atoms with Gasteiger partial charge in [0.05, 0.1) is 0 Å². The van der Waals surface area contributed by atoms with Crippen LogP contribution >= 0.6 is 0 Å². The lowest BCUT2D eigenvalue weighted by Crippen LogP contribution is -2.50. The predicted molar refractivity (Wildman–Crippen MR) is 113 cm³/mol. The summed E-state index contributed by atoms with van der Waals surface area (Å²) >= 11 is 0. The van der Waals surface area contributed by atoms with Gasteiger partial charge in [0.1, 0.15) is 6.04 Å². The van der Waals surface area contributed by atoms with Gasteiger partial charge in [0.15, 0.2) is 0 Å². The van der Waals surface area contributed by atoms with Gasteiger partial charge in [-0.1, -0.05) is 24.3 Å². The molecule has 3 heterocycles. The van der Waals surface area contributed by atoms with Gasteiger partial charge in [-0.25, -0.2) is 0 Å². The standard InChI is InChI=1S/C23H28N4O2/c1-3-12-24-23(29)22-21-9-6-13-26(21)20-8-5-4-7-18(20)16-27(22)19-10-14-25(15-11-19)17(2)28/h3-9,13,19,22H,1,10-12,14-16H2,2H3,(H,24,29)/t22-/m0/s1. The fourth-order valence-corrected chi connectivity index (χ4v) is 4.58. The van der Waals surface area contributed by atoms with Crippen molar-refractivity contribution in [2.24, 2.45) is 0 Å². The summed E-state index contributed by atoms with van der Waals surface area (Å²) in [7, 11) is 0. The number of likely N-dealkylation sites (tertiary alicyclic amines) is 1. The van der Waals surface area contributed by atoms with Crippen LogP contribution in [0.1, 0.15) is 37.1 Å². The van der Waals surface area contributed by atoms with Gasteiger partial charge in [-0.05, 0) is 36.6 Å². The van der Waals surface area contributed by atoms with Crippen molar-refractivity contribution in [3.8, 4) is 5.69 Å². The van der Waals surface area contributed by atoms with Crippen molar-refractivity contribution >= 4 is 11.8 Å². The minimum Gasteiger partial charge on any atom is -0.351 e. The number of piperidine rings is 1.